The molecule has 1 aliphatic heterocycles. The van der Waals surface area contributed by atoms with Crippen molar-refractivity contribution < 1.29 is 4.74 Å². The maximum atomic E-state index is 12.3. The summed E-state index contributed by atoms with van der Waals surface area (Å²) in [4.78, 5) is 14.6. The first-order valence-electron chi connectivity index (χ1n) is 8.54. The Kier molecular flexibility index (Phi) is 5.78. The fourth-order valence-corrected chi connectivity index (χ4v) is 3.30. The van der Waals surface area contributed by atoms with Crippen LogP contribution in [0.25, 0.3) is 0 Å². The highest BCUT2D eigenvalue weighted by Crippen LogP contribution is 2.28. The van der Waals surface area contributed by atoms with Gasteiger partial charge in [-0.05, 0) is 25.1 Å². The highest BCUT2D eigenvalue weighted by atomic mass is 35.5. The minimum Gasteiger partial charge on any atom is -0.378 e. The smallest absolute Gasteiger partial charge is 0.254 e. The van der Waals surface area contributed by atoms with Gasteiger partial charge in [-0.2, -0.15) is 0 Å². The molecule has 0 bridgehead atoms. The van der Waals surface area contributed by atoms with Crippen LogP contribution in [0.3, 0.4) is 0 Å². The third-order valence-corrected chi connectivity index (χ3v) is 5.05. The summed E-state index contributed by atoms with van der Waals surface area (Å²) < 4.78 is 7.11. The number of hydrogen-bond donors (Lipinski definition) is 1. The molecule has 0 unspecified atom stereocenters. The number of ether oxygens (including phenoxy) is 1. The number of anilines is 1. The van der Waals surface area contributed by atoms with Gasteiger partial charge in [-0.15, -0.1) is 0 Å². The molecular weight excluding hydrogens is 338 g/mol. The Labute approximate surface area is 153 Å². The van der Waals surface area contributed by atoms with Gasteiger partial charge in [-0.3, -0.25) is 4.79 Å². The monoisotopic (exact) mass is 361 g/mol. The lowest BCUT2D eigenvalue weighted by Crippen LogP contribution is -2.37. The van der Waals surface area contributed by atoms with Gasteiger partial charge in [0.2, 0.25) is 0 Å². The molecule has 0 amide bonds. The normalized spacial score (nSPS) is 14.8. The van der Waals surface area contributed by atoms with E-state index >= 15 is 0 Å². The van der Waals surface area contributed by atoms with Crippen LogP contribution >= 0.6 is 11.6 Å². The van der Waals surface area contributed by atoms with Crippen LogP contribution in [-0.2, 0) is 24.9 Å². The lowest BCUT2D eigenvalue weighted by Gasteiger charge is -2.31. The van der Waals surface area contributed by atoms with Gasteiger partial charge in [-0.25, -0.2) is 0 Å². The van der Waals surface area contributed by atoms with Crippen LogP contribution in [0.2, 0.25) is 5.02 Å². The summed E-state index contributed by atoms with van der Waals surface area (Å²) in [5.41, 5.74) is 3.96. The molecule has 0 spiro atoms. The second kappa shape index (κ2) is 8.04. The number of nitrogens with zero attached hydrogens (tertiary/aromatic N) is 2. The Morgan fingerprint density at radius 1 is 1.16 bits per heavy atom. The van der Waals surface area contributed by atoms with Crippen LogP contribution in [0.15, 0.2) is 35.1 Å². The number of nitrogens with one attached hydrogen (secondary N) is 1. The first-order valence-corrected chi connectivity index (χ1v) is 8.92. The fraction of sp³-hybridized carbons (Fsp3) is 0.421. The Bertz CT molecular complexity index is 798. The zero-order valence-electron chi connectivity index (χ0n) is 14.7. The standard InChI is InChI=1S/C19H24ClN3O2/c1-14-6-7-15(19(24)22(14)2)12-21-13-16-17(20)4-3-5-18(16)23-8-10-25-11-9-23/h3-7,21H,8-13H2,1-2H3. The van der Waals surface area contributed by atoms with Crippen molar-refractivity contribution in [2.45, 2.75) is 20.0 Å². The van der Waals surface area contributed by atoms with Crippen molar-refractivity contribution in [1.82, 2.24) is 9.88 Å². The molecular formula is C19H24ClN3O2. The zero-order valence-corrected chi connectivity index (χ0v) is 15.5. The van der Waals surface area contributed by atoms with Crippen LogP contribution in [0, 0.1) is 6.92 Å². The Hall–Kier alpha value is -1.82. The van der Waals surface area contributed by atoms with E-state index in [1.54, 1.807) is 11.6 Å². The minimum absolute atomic E-state index is 0.0417. The van der Waals surface area contributed by atoms with E-state index in [1.165, 1.54) is 0 Å². The summed E-state index contributed by atoms with van der Waals surface area (Å²) in [6, 6.07) is 9.84. The number of aryl methyl sites for hydroxylation is 1. The molecule has 3 rings (SSSR count). The molecule has 0 atom stereocenters. The Balaban J connectivity index is 1.73. The van der Waals surface area contributed by atoms with E-state index in [-0.39, 0.29) is 5.56 Å². The highest BCUT2D eigenvalue weighted by molar-refractivity contribution is 6.31. The molecule has 0 saturated carbocycles. The quantitative estimate of drug-likeness (QED) is 0.888. The molecule has 1 fully saturated rings. The number of benzene rings is 1. The highest BCUT2D eigenvalue weighted by Gasteiger charge is 2.16. The predicted octanol–water partition coefficient (Wildman–Crippen LogP) is 2.47. The van der Waals surface area contributed by atoms with Crippen molar-refractivity contribution in [2.75, 3.05) is 31.2 Å². The topological polar surface area (TPSA) is 46.5 Å². The third-order valence-electron chi connectivity index (χ3n) is 4.70. The van der Waals surface area contributed by atoms with E-state index in [9.17, 15) is 4.79 Å². The zero-order chi connectivity index (χ0) is 17.8. The largest absolute Gasteiger partial charge is 0.378 e. The van der Waals surface area contributed by atoms with E-state index in [0.717, 1.165) is 53.8 Å². The molecule has 25 heavy (non-hydrogen) atoms. The average molecular weight is 362 g/mol. The molecule has 1 aromatic carbocycles. The van der Waals surface area contributed by atoms with Crippen molar-refractivity contribution in [2.24, 2.45) is 7.05 Å². The summed E-state index contributed by atoms with van der Waals surface area (Å²) in [7, 11) is 1.80. The van der Waals surface area contributed by atoms with E-state index in [4.69, 9.17) is 16.3 Å². The van der Waals surface area contributed by atoms with Crippen LogP contribution in [0.5, 0.6) is 0 Å². The SMILES string of the molecule is Cc1ccc(CNCc2c(Cl)cccc2N2CCOCC2)c(=O)n1C. The first-order chi connectivity index (χ1) is 12.1. The van der Waals surface area contributed by atoms with Crippen molar-refractivity contribution in [1.29, 1.82) is 0 Å². The van der Waals surface area contributed by atoms with E-state index < -0.39 is 0 Å². The van der Waals surface area contributed by atoms with Crippen LogP contribution in [0.4, 0.5) is 5.69 Å². The van der Waals surface area contributed by atoms with Gasteiger partial charge in [0.15, 0.2) is 0 Å². The molecule has 2 aromatic rings. The van der Waals surface area contributed by atoms with E-state index in [1.807, 2.05) is 31.2 Å². The lowest BCUT2D eigenvalue weighted by atomic mass is 10.1. The maximum absolute atomic E-state index is 12.3. The molecule has 0 aliphatic carbocycles. The molecule has 0 radical (unpaired) electrons. The Morgan fingerprint density at radius 3 is 2.68 bits per heavy atom. The van der Waals surface area contributed by atoms with Crippen LogP contribution in [-0.4, -0.2) is 30.9 Å². The summed E-state index contributed by atoms with van der Waals surface area (Å²) in [6.07, 6.45) is 0. The Morgan fingerprint density at radius 2 is 1.92 bits per heavy atom. The summed E-state index contributed by atoms with van der Waals surface area (Å²) in [5, 5.41) is 4.11. The fourth-order valence-electron chi connectivity index (χ4n) is 3.06. The molecule has 6 heteroatoms. The first kappa shape index (κ1) is 18.0. The van der Waals surface area contributed by atoms with Gasteiger partial charge >= 0.3 is 0 Å². The lowest BCUT2D eigenvalue weighted by molar-refractivity contribution is 0.122. The van der Waals surface area contributed by atoms with Crippen molar-refractivity contribution in [3.05, 3.63) is 62.5 Å². The molecule has 1 aliphatic rings. The van der Waals surface area contributed by atoms with Gasteiger partial charge in [0, 0.05) is 60.8 Å². The number of aromatic nitrogens is 1. The number of rotatable bonds is 5. The van der Waals surface area contributed by atoms with Crippen molar-refractivity contribution in [3.63, 3.8) is 0 Å². The summed E-state index contributed by atoms with van der Waals surface area (Å²) >= 11 is 6.44. The molecule has 2 heterocycles. The van der Waals surface area contributed by atoms with Crippen molar-refractivity contribution in [3.8, 4) is 0 Å². The van der Waals surface area contributed by atoms with Gasteiger partial charge in [0.1, 0.15) is 0 Å². The molecule has 134 valence electrons. The average Bonchev–Trinajstić information content (AvgIpc) is 2.63. The van der Waals surface area contributed by atoms with Gasteiger partial charge < -0.3 is 19.5 Å². The second-order valence-electron chi connectivity index (χ2n) is 6.30. The second-order valence-corrected chi connectivity index (χ2v) is 6.71. The predicted molar refractivity (Wildman–Crippen MR) is 101 cm³/mol. The van der Waals surface area contributed by atoms with Crippen molar-refractivity contribution >= 4 is 17.3 Å². The molecule has 5 nitrogen and oxygen atoms in total. The third kappa shape index (κ3) is 4.06. The number of hydrogen-bond acceptors (Lipinski definition) is 4. The molecule has 1 N–H and O–H groups in total. The molecule has 1 saturated heterocycles. The number of pyridine rings is 1. The number of morpholine rings is 1. The summed E-state index contributed by atoms with van der Waals surface area (Å²) in [5.74, 6) is 0. The minimum atomic E-state index is 0.0417. The van der Waals surface area contributed by atoms with E-state index in [2.05, 4.69) is 16.3 Å². The van der Waals surface area contributed by atoms with Crippen LogP contribution in [0.1, 0.15) is 16.8 Å². The molecule has 1 aromatic heterocycles. The van der Waals surface area contributed by atoms with Gasteiger partial charge in [0.25, 0.3) is 5.56 Å². The summed E-state index contributed by atoms with van der Waals surface area (Å²) in [6.45, 7) is 6.26. The van der Waals surface area contributed by atoms with Gasteiger partial charge in [-0.1, -0.05) is 23.7 Å². The van der Waals surface area contributed by atoms with Crippen LogP contribution < -0.4 is 15.8 Å². The van der Waals surface area contributed by atoms with E-state index in [0.29, 0.717) is 13.1 Å². The number of halogens is 1. The van der Waals surface area contributed by atoms with Gasteiger partial charge in [0.05, 0.1) is 13.2 Å². The maximum Gasteiger partial charge on any atom is 0.254 e.